The number of anilines is 2. The smallest absolute Gasteiger partial charge is 0.265 e. The molecule has 0 fully saturated rings. The second kappa shape index (κ2) is 5.24. The molecule has 5 nitrogen and oxygen atoms in total. The molecule has 2 aromatic rings. The van der Waals surface area contributed by atoms with E-state index in [1.165, 1.54) is 0 Å². The van der Waals surface area contributed by atoms with E-state index in [4.69, 9.17) is 5.73 Å². The number of nitrogen functional groups attached to an aromatic ring is 1. The highest BCUT2D eigenvalue weighted by Gasteiger charge is 2.13. The van der Waals surface area contributed by atoms with Crippen LogP contribution in [0.15, 0.2) is 35.2 Å². The lowest BCUT2D eigenvalue weighted by molar-refractivity contribution is 0.599. The van der Waals surface area contributed by atoms with Gasteiger partial charge in [0.25, 0.3) is 5.95 Å². The number of benzene rings is 1. The summed E-state index contributed by atoms with van der Waals surface area (Å²) in [6, 6.07) is 8.69. The maximum atomic E-state index is 12.0. The predicted molar refractivity (Wildman–Crippen MR) is 72.4 cm³/mol. The molecule has 1 aromatic carbocycles. The van der Waals surface area contributed by atoms with Crippen molar-refractivity contribution < 1.29 is 4.55 Å². The zero-order valence-electron chi connectivity index (χ0n) is 10.2. The quantitative estimate of drug-likeness (QED) is 0.650. The molecule has 0 saturated heterocycles. The highest BCUT2D eigenvalue weighted by molar-refractivity contribution is 7.92. The van der Waals surface area contributed by atoms with Gasteiger partial charge in [-0.15, -0.1) is 0 Å². The monoisotopic (exact) mass is 262 g/mol. The molecule has 2 rings (SSSR count). The SMILES string of the molecule is Cc1cc(C)nc(N[S+]([O-])c2ccc(N)cc2)n1. The van der Waals surface area contributed by atoms with Crippen molar-refractivity contribution in [1.82, 2.24) is 9.97 Å². The van der Waals surface area contributed by atoms with Gasteiger partial charge in [-0.25, -0.2) is 9.97 Å². The van der Waals surface area contributed by atoms with E-state index in [0.717, 1.165) is 11.4 Å². The largest absolute Gasteiger partial charge is 0.588 e. The maximum absolute atomic E-state index is 12.0. The Morgan fingerprint density at radius 3 is 2.22 bits per heavy atom. The van der Waals surface area contributed by atoms with Crippen molar-refractivity contribution in [3.8, 4) is 0 Å². The molecule has 1 unspecified atom stereocenters. The van der Waals surface area contributed by atoms with Gasteiger partial charge in [-0.1, -0.05) is 0 Å². The van der Waals surface area contributed by atoms with Crippen LogP contribution < -0.4 is 10.5 Å². The van der Waals surface area contributed by atoms with Crippen LogP contribution in [0, 0.1) is 13.8 Å². The Kier molecular flexibility index (Phi) is 3.69. The van der Waals surface area contributed by atoms with Crippen LogP contribution in [0.2, 0.25) is 0 Å². The number of nitrogens with one attached hydrogen (secondary N) is 1. The second-order valence-corrected chi connectivity index (χ2v) is 5.13. The van der Waals surface area contributed by atoms with Crippen LogP contribution in [0.25, 0.3) is 0 Å². The molecular formula is C12H14N4OS. The standard InChI is InChI=1S/C12H14N4OS/c1-8-7-9(2)15-12(14-8)16-18(17)11-5-3-10(13)4-6-11/h3-7H,13H2,1-2H3,(H,14,15,16). The van der Waals surface area contributed by atoms with Gasteiger partial charge in [-0.05, 0) is 44.2 Å². The first-order chi connectivity index (χ1) is 8.54. The summed E-state index contributed by atoms with van der Waals surface area (Å²) in [6.07, 6.45) is 0. The number of hydrogen-bond donors (Lipinski definition) is 2. The summed E-state index contributed by atoms with van der Waals surface area (Å²) in [5.41, 5.74) is 7.88. The Morgan fingerprint density at radius 2 is 1.67 bits per heavy atom. The highest BCUT2D eigenvalue weighted by Crippen LogP contribution is 2.15. The van der Waals surface area contributed by atoms with Gasteiger partial charge in [0.15, 0.2) is 4.90 Å². The van der Waals surface area contributed by atoms with Crippen LogP contribution in [0.3, 0.4) is 0 Å². The van der Waals surface area contributed by atoms with Crippen molar-refractivity contribution in [3.05, 3.63) is 41.7 Å². The van der Waals surface area contributed by atoms with Gasteiger partial charge in [0.1, 0.15) is 11.4 Å². The number of aromatic nitrogens is 2. The van der Waals surface area contributed by atoms with Gasteiger partial charge >= 0.3 is 0 Å². The van der Waals surface area contributed by atoms with Crippen LogP contribution >= 0.6 is 0 Å². The topological polar surface area (TPSA) is 86.9 Å². The fraction of sp³-hybridized carbons (Fsp3) is 0.167. The van der Waals surface area contributed by atoms with E-state index in [1.54, 1.807) is 24.3 Å². The van der Waals surface area contributed by atoms with E-state index in [2.05, 4.69) is 14.7 Å². The molecule has 0 aliphatic rings. The summed E-state index contributed by atoms with van der Waals surface area (Å²) in [5.74, 6) is 0.364. The van der Waals surface area contributed by atoms with Gasteiger partial charge in [0, 0.05) is 17.1 Å². The van der Waals surface area contributed by atoms with Gasteiger partial charge < -0.3 is 10.3 Å². The Labute approximate surface area is 109 Å². The van der Waals surface area contributed by atoms with Crippen LogP contribution in [0.1, 0.15) is 11.4 Å². The third-order valence-electron chi connectivity index (χ3n) is 2.26. The van der Waals surface area contributed by atoms with Crippen LogP contribution in [0.5, 0.6) is 0 Å². The molecule has 0 aliphatic heterocycles. The summed E-state index contributed by atoms with van der Waals surface area (Å²) >= 11 is -1.39. The van der Waals surface area contributed by atoms with E-state index < -0.39 is 11.4 Å². The average molecular weight is 262 g/mol. The molecule has 3 N–H and O–H groups in total. The lowest BCUT2D eigenvalue weighted by Crippen LogP contribution is -2.15. The predicted octanol–water partition coefficient (Wildman–Crippen LogP) is 1.81. The third kappa shape index (κ3) is 3.12. The summed E-state index contributed by atoms with van der Waals surface area (Å²) in [6.45, 7) is 3.73. The maximum Gasteiger partial charge on any atom is 0.265 e. The third-order valence-corrected chi connectivity index (χ3v) is 3.33. The molecule has 1 atom stereocenters. The first-order valence-electron chi connectivity index (χ1n) is 5.41. The van der Waals surface area contributed by atoms with E-state index >= 15 is 0 Å². The summed E-state index contributed by atoms with van der Waals surface area (Å²) in [5, 5.41) is 0. The molecule has 0 radical (unpaired) electrons. The molecule has 6 heteroatoms. The first-order valence-corrected chi connectivity index (χ1v) is 6.56. The summed E-state index contributed by atoms with van der Waals surface area (Å²) < 4.78 is 14.8. The van der Waals surface area contributed by atoms with E-state index in [1.807, 2.05) is 19.9 Å². The Hall–Kier alpha value is -1.79. The molecule has 0 amide bonds. The van der Waals surface area contributed by atoms with Crippen molar-refractivity contribution in [2.45, 2.75) is 18.7 Å². The van der Waals surface area contributed by atoms with Crippen LogP contribution in [-0.2, 0) is 11.4 Å². The number of aryl methyl sites for hydroxylation is 2. The Bertz CT molecular complexity index is 524. The molecule has 18 heavy (non-hydrogen) atoms. The van der Waals surface area contributed by atoms with Gasteiger partial charge in [0.05, 0.1) is 0 Å². The molecule has 0 aliphatic carbocycles. The van der Waals surface area contributed by atoms with Crippen molar-refractivity contribution >= 4 is 23.0 Å². The Morgan fingerprint density at radius 1 is 1.11 bits per heavy atom. The van der Waals surface area contributed by atoms with Crippen LogP contribution in [-0.4, -0.2) is 14.5 Å². The van der Waals surface area contributed by atoms with Crippen molar-refractivity contribution in [2.75, 3.05) is 10.5 Å². The fourth-order valence-electron chi connectivity index (χ4n) is 1.50. The number of nitrogens with zero attached hydrogens (tertiary/aromatic N) is 2. The fourth-order valence-corrected chi connectivity index (χ4v) is 2.26. The molecule has 0 bridgehead atoms. The zero-order valence-corrected chi connectivity index (χ0v) is 11.0. The first kappa shape index (κ1) is 12.7. The molecule has 0 spiro atoms. The summed E-state index contributed by atoms with van der Waals surface area (Å²) in [4.78, 5) is 8.99. The van der Waals surface area contributed by atoms with E-state index in [0.29, 0.717) is 16.5 Å². The molecule has 0 saturated carbocycles. The van der Waals surface area contributed by atoms with Gasteiger partial charge in [0.2, 0.25) is 0 Å². The molecule has 1 heterocycles. The number of hydrogen-bond acceptors (Lipinski definition) is 5. The van der Waals surface area contributed by atoms with Gasteiger partial charge in [-0.2, -0.15) is 4.72 Å². The van der Waals surface area contributed by atoms with Crippen molar-refractivity contribution in [1.29, 1.82) is 0 Å². The second-order valence-electron chi connectivity index (χ2n) is 3.91. The minimum Gasteiger partial charge on any atom is -0.588 e. The Balaban J connectivity index is 2.15. The number of rotatable bonds is 3. The van der Waals surface area contributed by atoms with Crippen LogP contribution in [0.4, 0.5) is 11.6 Å². The highest BCUT2D eigenvalue weighted by atomic mass is 32.2. The average Bonchev–Trinajstić information content (AvgIpc) is 2.28. The van der Waals surface area contributed by atoms with E-state index in [-0.39, 0.29) is 0 Å². The van der Waals surface area contributed by atoms with Crippen molar-refractivity contribution in [2.24, 2.45) is 0 Å². The zero-order chi connectivity index (χ0) is 13.1. The molecule has 94 valence electrons. The molecular weight excluding hydrogens is 248 g/mol. The number of nitrogens with two attached hydrogens (primary N) is 1. The lowest BCUT2D eigenvalue weighted by atomic mass is 10.3. The normalized spacial score (nSPS) is 12.2. The summed E-state index contributed by atoms with van der Waals surface area (Å²) in [7, 11) is 0. The van der Waals surface area contributed by atoms with Crippen molar-refractivity contribution in [3.63, 3.8) is 0 Å². The molecule has 1 aromatic heterocycles. The lowest BCUT2D eigenvalue weighted by Gasteiger charge is -2.10. The van der Waals surface area contributed by atoms with E-state index in [9.17, 15) is 4.55 Å². The minimum atomic E-state index is -1.39. The van der Waals surface area contributed by atoms with Gasteiger partial charge in [-0.3, -0.25) is 0 Å². The minimum absolute atomic E-state index is 0.364.